The van der Waals surface area contributed by atoms with Crippen LogP contribution in [0.15, 0.2) is 53.3 Å². The van der Waals surface area contributed by atoms with Crippen LogP contribution in [0.1, 0.15) is 52.7 Å². The molecule has 1 aliphatic rings. The van der Waals surface area contributed by atoms with Gasteiger partial charge in [-0.25, -0.2) is 4.68 Å². The summed E-state index contributed by atoms with van der Waals surface area (Å²) in [5.74, 6) is 0.800. The van der Waals surface area contributed by atoms with Crippen molar-refractivity contribution in [3.8, 4) is 5.69 Å². The fourth-order valence-corrected chi connectivity index (χ4v) is 4.06. The number of benzene rings is 1. The number of nitrogens with one attached hydrogen (secondary N) is 1. The van der Waals surface area contributed by atoms with E-state index in [0.29, 0.717) is 12.1 Å². The lowest BCUT2D eigenvalue weighted by molar-refractivity contribution is 0.0913. The normalized spacial score (nSPS) is 15.9. The monoisotopic (exact) mass is 392 g/mol. The molecule has 0 bridgehead atoms. The van der Waals surface area contributed by atoms with E-state index in [1.54, 1.807) is 12.5 Å². The second-order valence-corrected chi connectivity index (χ2v) is 7.73. The van der Waals surface area contributed by atoms with Crippen LogP contribution >= 0.6 is 0 Å². The smallest absolute Gasteiger partial charge is 0.254 e. The highest BCUT2D eigenvalue weighted by Gasteiger charge is 2.25. The molecule has 0 radical (unpaired) electrons. The summed E-state index contributed by atoms with van der Waals surface area (Å²) in [6, 6.07) is 12.1. The van der Waals surface area contributed by atoms with Gasteiger partial charge in [0.1, 0.15) is 5.76 Å². The van der Waals surface area contributed by atoms with E-state index >= 15 is 0 Å². The Balaban J connectivity index is 1.48. The van der Waals surface area contributed by atoms with Gasteiger partial charge in [0.25, 0.3) is 5.91 Å². The van der Waals surface area contributed by atoms with Crippen molar-refractivity contribution in [3.05, 3.63) is 71.4 Å². The summed E-state index contributed by atoms with van der Waals surface area (Å²) in [5.41, 5.74) is 3.55. The molecule has 1 aromatic carbocycles. The van der Waals surface area contributed by atoms with Gasteiger partial charge < -0.3 is 9.73 Å². The van der Waals surface area contributed by atoms with Crippen molar-refractivity contribution in [3.63, 3.8) is 0 Å². The molecule has 3 aromatic rings. The van der Waals surface area contributed by atoms with E-state index in [1.807, 2.05) is 48.9 Å². The number of hydrogen-bond acceptors (Lipinski definition) is 4. The number of nitrogens with zero attached hydrogens (tertiary/aromatic N) is 3. The first-order chi connectivity index (χ1) is 14.1. The van der Waals surface area contributed by atoms with Crippen LogP contribution in [-0.2, 0) is 0 Å². The predicted octanol–water partition coefficient (Wildman–Crippen LogP) is 4.04. The highest BCUT2D eigenvalue weighted by molar-refractivity contribution is 5.95. The average Bonchev–Trinajstić information content (AvgIpc) is 3.39. The molecule has 1 N–H and O–H groups in total. The molecule has 2 aromatic heterocycles. The Hall–Kier alpha value is -2.86. The van der Waals surface area contributed by atoms with Crippen molar-refractivity contribution in [2.75, 3.05) is 19.6 Å². The summed E-state index contributed by atoms with van der Waals surface area (Å²) in [6.07, 6.45) is 6.99. The van der Waals surface area contributed by atoms with Crippen LogP contribution in [0.3, 0.4) is 0 Å². The van der Waals surface area contributed by atoms with Gasteiger partial charge in [0.15, 0.2) is 0 Å². The number of likely N-dealkylation sites (tertiary alicyclic amines) is 1. The maximum atomic E-state index is 12.9. The standard InChI is InChI=1S/C23H28N4O2/c1-17-8-6-9-19(14-17)27-18(2)20(15-25-27)23(28)24-16-21(22-10-7-13-29-22)26-11-4-3-5-12-26/h6-10,13-15,21H,3-5,11-12,16H2,1-2H3,(H,24,28). The fourth-order valence-electron chi connectivity index (χ4n) is 4.06. The van der Waals surface area contributed by atoms with Gasteiger partial charge in [0.2, 0.25) is 0 Å². The van der Waals surface area contributed by atoms with Gasteiger partial charge in [-0.1, -0.05) is 18.6 Å². The molecule has 29 heavy (non-hydrogen) atoms. The first-order valence-corrected chi connectivity index (χ1v) is 10.3. The zero-order chi connectivity index (χ0) is 20.2. The molecular formula is C23H28N4O2. The van der Waals surface area contributed by atoms with Crippen LogP contribution in [0, 0.1) is 13.8 Å². The number of carbonyl (C=O) groups excluding carboxylic acids is 1. The number of aromatic nitrogens is 2. The third kappa shape index (κ3) is 4.27. The predicted molar refractivity (Wildman–Crippen MR) is 112 cm³/mol. The van der Waals surface area contributed by atoms with Crippen molar-refractivity contribution < 1.29 is 9.21 Å². The Bertz CT molecular complexity index is 955. The molecule has 1 aliphatic heterocycles. The molecule has 1 atom stereocenters. The van der Waals surface area contributed by atoms with Gasteiger partial charge in [-0.15, -0.1) is 0 Å². The number of hydrogen-bond donors (Lipinski definition) is 1. The third-order valence-electron chi connectivity index (χ3n) is 5.66. The molecule has 1 unspecified atom stereocenters. The number of rotatable bonds is 6. The number of piperidine rings is 1. The molecule has 1 fully saturated rings. The van der Waals surface area contributed by atoms with Crippen LogP contribution in [0.2, 0.25) is 0 Å². The molecule has 0 saturated carbocycles. The Morgan fingerprint density at radius 1 is 1.17 bits per heavy atom. The van der Waals surface area contributed by atoms with E-state index in [1.165, 1.54) is 19.3 Å². The zero-order valence-corrected chi connectivity index (χ0v) is 17.1. The Morgan fingerprint density at radius 2 is 2.00 bits per heavy atom. The zero-order valence-electron chi connectivity index (χ0n) is 17.1. The summed E-state index contributed by atoms with van der Waals surface area (Å²) >= 11 is 0. The molecule has 6 heteroatoms. The molecule has 4 rings (SSSR count). The summed E-state index contributed by atoms with van der Waals surface area (Å²) < 4.78 is 7.49. The van der Waals surface area contributed by atoms with Gasteiger partial charge in [0.05, 0.1) is 35.4 Å². The SMILES string of the molecule is Cc1cccc(-n2ncc(C(=O)NCC(c3ccco3)N3CCCCC3)c2C)c1. The third-order valence-corrected chi connectivity index (χ3v) is 5.66. The lowest BCUT2D eigenvalue weighted by Crippen LogP contribution is -2.40. The maximum absolute atomic E-state index is 12.9. The quantitative estimate of drug-likeness (QED) is 0.688. The minimum Gasteiger partial charge on any atom is -0.468 e. The summed E-state index contributed by atoms with van der Waals surface area (Å²) in [6.45, 7) is 6.56. The lowest BCUT2D eigenvalue weighted by atomic mass is 10.1. The van der Waals surface area contributed by atoms with E-state index in [0.717, 1.165) is 35.8 Å². The van der Waals surface area contributed by atoms with Gasteiger partial charge in [0, 0.05) is 6.54 Å². The molecule has 0 spiro atoms. The fraction of sp³-hybridized carbons (Fsp3) is 0.391. The topological polar surface area (TPSA) is 63.3 Å². The van der Waals surface area contributed by atoms with E-state index in [9.17, 15) is 4.79 Å². The Morgan fingerprint density at radius 3 is 2.72 bits per heavy atom. The minimum atomic E-state index is -0.102. The first-order valence-electron chi connectivity index (χ1n) is 10.3. The van der Waals surface area contributed by atoms with Crippen molar-refractivity contribution >= 4 is 5.91 Å². The van der Waals surface area contributed by atoms with Crippen molar-refractivity contribution in [1.82, 2.24) is 20.0 Å². The van der Waals surface area contributed by atoms with Crippen LogP contribution in [-0.4, -0.2) is 40.2 Å². The highest BCUT2D eigenvalue weighted by atomic mass is 16.3. The van der Waals surface area contributed by atoms with Crippen molar-refractivity contribution in [2.45, 2.75) is 39.2 Å². The molecule has 1 amide bonds. The summed E-state index contributed by atoms with van der Waals surface area (Å²) in [7, 11) is 0. The lowest BCUT2D eigenvalue weighted by Gasteiger charge is -2.33. The number of aryl methyl sites for hydroxylation is 1. The van der Waals surface area contributed by atoms with Crippen molar-refractivity contribution in [1.29, 1.82) is 0 Å². The second kappa shape index (κ2) is 8.66. The van der Waals surface area contributed by atoms with Gasteiger partial charge >= 0.3 is 0 Å². The number of amides is 1. The van der Waals surface area contributed by atoms with Gasteiger partial charge in [-0.2, -0.15) is 5.10 Å². The Kier molecular flexibility index (Phi) is 5.81. The van der Waals surface area contributed by atoms with Crippen LogP contribution in [0.25, 0.3) is 5.69 Å². The molecule has 3 heterocycles. The van der Waals surface area contributed by atoms with Gasteiger partial charge in [-0.3, -0.25) is 9.69 Å². The first kappa shape index (κ1) is 19.5. The number of carbonyl (C=O) groups is 1. The van der Waals surface area contributed by atoms with E-state index in [-0.39, 0.29) is 11.9 Å². The van der Waals surface area contributed by atoms with E-state index < -0.39 is 0 Å². The molecule has 152 valence electrons. The maximum Gasteiger partial charge on any atom is 0.254 e. The molecule has 0 aliphatic carbocycles. The minimum absolute atomic E-state index is 0.0568. The van der Waals surface area contributed by atoms with Gasteiger partial charge in [-0.05, 0) is 69.6 Å². The van der Waals surface area contributed by atoms with Crippen LogP contribution in [0.5, 0.6) is 0 Å². The molecule has 6 nitrogen and oxygen atoms in total. The van der Waals surface area contributed by atoms with Crippen LogP contribution in [0.4, 0.5) is 0 Å². The van der Waals surface area contributed by atoms with E-state index in [2.05, 4.69) is 21.4 Å². The highest BCUT2D eigenvalue weighted by Crippen LogP contribution is 2.25. The number of furan rings is 1. The second-order valence-electron chi connectivity index (χ2n) is 7.73. The van der Waals surface area contributed by atoms with Crippen LogP contribution < -0.4 is 5.32 Å². The summed E-state index contributed by atoms with van der Waals surface area (Å²) in [5, 5.41) is 7.55. The summed E-state index contributed by atoms with van der Waals surface area (Å²) in [4.78, 5) is 15.3. The largest absolute Gasteiger partial charge is 0.468 e. The molecule has 1 saturated heterocycles. The van der Waals surface area contributed by atoms with E-state index in [4.69, 9.17) is 4.42 Å². The Labute approximate surface area is 171 Å². The molecular weight excluding hydrogens is 364 g/mol. The van der Waals surface area contributed by atoms with Crippen molar-refractivity contribution in [2.24, 2.45) is 0 Å². The average molecular weight is 393 g/mol.